The molecule has 9 heteroatoms. The zero-order valence-corrected chi connectivity index (χ0v) is 14.5. The largest absolute Gasteiger partial charge is 0.324 e. The van der Waals surface area contributed by atoms with Gasteiger partial charge < -0.3 is 5.73 Å². The van der Waals surface area contributed by atoms with Crippen molar-refractivity contribution in [3.8, 4) is 0 Å². The second kappa shape index (κ2) is 7.45. The van der Waals surface area contributed by atoms with E-state index in [2.05, 4.69) is 4.72 Å². The Morgan fingerprint density at radius 2 is 1.89 bits per heavy atom. The molecule has 0 aliphatic heterocycles. The van der Waals surface area contributed by atoms with Crippen molar-refractivity contribution in [3.05, 3.63) is 14.7 Å². The molecule has 1 rings (SSSR count). The third kappa shape index (κ3) is 5.04. The molecule has 3 N–H and O–H groups in total. The van der Waals surface area contributed by atoms with Crippen molar-refractivity contribution in [1.82, 2.24) is 4.72 Å². The fraction of sp³-hybridized carbons (Fsp3) is 0.600. The molecule has 0 aromatic carbocycles. The van der Waals surface area contributed by atoms with E-state index in [0.717, 1.165) is 11.3 Å². The van der Waals surface area contributed by atoms with Crippen LogP contribution in [0.2, 0.25) is 8.67 Å². The highest BCUT2D eigenvalue weighted by Gasteiger charge is 2.26. The number of halogens is 3. The highest BCUT2D eigenvalue weighted by molar-refractivity contribution is 7.89. The number of nitrogens with one attached hydrogen (secondary N) is 1. The van der Waals surface area contributed by atoms with Crippen LogP contribution in [0.3, 0.4) is 0 Å². The number of hydrogen-bond acceptors (Lipinski definition) is 4. The molecule has 1 aromatic heterocycles. The summed E-state index contributed by atoms with van der Waals surface area (Å²) in [7, 11) is -3.66. The predicted molar refractivity (Wildman–Crippen MR) is 84.3 cm³/mol. The number of nitrogens with two attached hydrogens (primary N) is 1. The standard InChI is InChI=1S/C10H16Cl2N2O2S2.ClH/c1-3-10(13,4-2)6-14-18(15,16)7-5-8(11)17-9(7)12;/h5,14H,3-4,6,13H2,1-2H3;1H. The summed E-state index contributed by atoms with van der Waals surface area (Å²) in [5.41, 5.74) is 5.50. The van der Waals surface area contributed by atoms with Gasteiger partial charge in [0, 0.05) is 12.1 Å². The smallest absolute Gasteiger partial charge is 0.243 e. The Bertz CT molecular complexity index is 513. The maximum atomic E-state index is 12.0. The van der Waals surface area contributed by atoms with Crippen molar-refractivity contribution in [1.29, 1.82) is 0 Å². The Kier molecular flexibility index (Phi) is 7.62. The molecule has 0 radical (unpaired) electrons. The fourth-order valence-corrected chi connectivity index (χ4v) is 4.61. The van der Waals surface area contributed by atoms with Crippen molar-refractivity contribution in [3.63, 3.8) is 0 Å². The SMILES string of the molecule is CCC(N)(CC)CNS(=O)(=O)c1cc(Cl)sc1Cl.Cl. The summed E-state index contributed by atoms with van der Waals surface area (Å²) in [4.78, 5) is 0.00808. The van der Waals surface area contributed by atoms with E-state index in [4.69, 9.17) is 28.9 Å². The Morgan fingerprint density at radius 3 is 2.26 bits per heavy atom. The number of hydrogen-bond donors (Lipinski definition) is 2. The van der Waals surface area contributed by atoms with E-state index >= 15 is 0 Å². The quantitative estimate of drug-likeness (QED) is 0.810. The highest BCUT2D eigenvalue weighted by Crippen LogP contribution is 2.34. The zero-order valence-electron chi connectivity index (χ0n) is 10.6. The van der Waals surface area contributed by atoms with Gasteiger partial charge in [0.25, 0.3) is 0 Å². The summed E-state index contributed by atoms with van der Waals surface area (Å²) in [6.45, 7) is 4.02. The summed E-state index contributed by atoms with van der Waals surface area (Å²) in [6, 6.07) is 1.34. The molecule has 0 fully saturated rings. The monoisotopic (exact) mass is 366 g/mol. The van der Waals surface area contributed by atoms with Crippen molar-refractivity contribution >= 4 is 57.0 Å². The first-order chi connectivity index (χ1) is 8.24. The summed E-state index contributed by atoms with van der Waals surface area (Å²) >= 11 is 12.6. The molecule has 1 heterocycles. The highest BCUT2D eigenvalue weighted by atomic mass is 35.5. The lowest BCUT2D eigenvalue weighted by Gasteiger charge is -2.26. The van der Waals surface area contributed by atoms with Crippen molar-refractivity contribution in [2.45, 2.75) is 37.1 Å². The second-order valence-electron chi connectivity index (χ2n) is 4.08. The van der Waals surface area contributed by atoms with E-state index in [1.165, 1.54) is 6.07 Å². The van der Waals surface area contributed by atoms with Gasteiger partial charge in [0.1, 0.15) is 9.23 Å². The topological polar surface area (TPSA) is 72.2 Å². The molecule has 0 aliphatic rings. The van der Waals surface area contributed by atoms with E-state index in [-0.39, 0.29) is 28.2 Å². The number of rotatable bonds is 6. The van der Waals surface area contributed by atoms with Gasteiger partial charge in [-0.1, -0.05) is 37.0 Å². The van der Waals surface area contributed by atoms with Crippen LogP contribution in [0.1, 0.15) is 26.7 Å². The molecule has 1 aromatic rings. The summed E-state index contributed by atoms with van der Waals surface area (Å²) < 4.78 is 27.1. The number of sulfonamides is 1. The maximum absolute atomic E-state index is 12.0. The Labute approximate surface area is 134 Å². The molecule has 0 unspecified atom stereocenters. The van der Waals surface area contributed by atoms with Crippen LogP contribution >= 0.6 is 46.9 Å². The molecule has 0 atom stereocenters. The van der Waals surface area contributed by atoms with Gasteiger partial charge in [0.15, 0.2) is 0 Å². The van der Waals surface area contributed by atoms with Gasteiger partial charge in [-0.05, 0) is 18.9 Å². The van der Waals surface area contributed by atoms with Crippen LogP contribution in [-0.2, 0) is 10.0 Å². The van der Waals surface area contributed by atoms with Gasteiger partial charge in [-0.3, -0.25) is 0 Å². The van der Waals surface area contributed by atoms with E-state index in [1.54, 1.807) is 0 Å². The van der Waals surface area contributed by atoms with Crippen LogP contribution in [0.15, 0.2) is 11.0 Å². The van der Waals surface area contributed by atoms with Gasteiger partial charge >= 0.3 is 0 Å². The third-order valence-corrected chi connectivity index (χ3v) is 6.09. The molecule has 0 bridgehead atoms. The minimum absolute atomic E-state index is 0. The molecule has 4 nitrogen and oxygen atoms in total. The van der Waals surface area contributed by atoms with Crippen molar-refractivity contribution in [2.24, 2.45) is 5.73 Å². The van der Waals surface area contributed by atoms with Gasteiger partial charge in [-0.15, -0.1) is 23.7 Å². The average Bonchev–Trinajstić information content (AvgIpc) is 2.66. The normalized spacial score (nSPS) is 12.3. The van der Waals surface area contributed by atoms with Crippen LogP contribution in [0.4, 0.5) is 0 Å². The van der Waals surface area contributed by atoms with Crippen LogP contribution in [-0.4, -0.2) is 20.5 Å². The van der Waals surface area contributed by atoms with E-state index in [9.17, 15) is 8.42 Å². The molecule has 0 amide bonds. The first kappa shape index (κ1) is 19.4. The van der Waals surface area contributed by atoms with Crippen LogP contribution < -0.4 is 10.5 Å². The molecule has 0 spiro atoms. The van der Waals surface area contributed by atoms with E-state index in [0.29, 0.717) is 17.2 Å². The zero-order chi connectivity index (χ0) is 14.0. The number of thiophene rings is 1. The first-order valence-corrected chi connectivity index (χ1v) is 8.53. The lowest BCUT2D eigenvalue weighted by molar-refractivity contribution is 0.392. The Balaban J connectivity index is 0.00000324. The van der Waals surface area contributed by atoms with Crippen LogP contribution in [0.25, 0.3) is 0 Å². The van der Waals surface area contributed by atoms with Crippen LogP contribution in [0, 0.1) is 0 Å². The maximum Gasteiger partial charge on any atom is 0.243 e. The Morgan fingerprint density at radius 1 is 1.37 bits per heavy atom. The molecule has 112 valence electrons. The third-order valence-electron chi connectivity index (χ3n) is 2.94. The lowest BCUT2D eigenvalue weighted by Crippen LogP contribution is -2.49. The molecule has 0 aliphatic carbocycles. The molecule has 0 saturated heterocycles. The average molecular weight is 368 g/mol. The molecule has 0 saturated carbocycles. The minimum Gasteiger partial charge on any atom is -0.324 e. The minimum atomic E-state index is -3.66. The lowest BCUT2D eigenvalue weighted by atomic mass is 9.95. The van der Waals surface area contributed by atoms with Gasteiger partial charge in [0.2, 0.25) is 10.0 Å². The summed E-state index contributed by atoms with van der Waals surface area (Å²) in [5.74, 6) is 0. The summed E-state index contributed by atoms with van der Waals surface area (Å²) in [5, 5.41) is 0. The van der Waals surface area contributed by atoms with Gasteiger partial charge in [-0.25, -0.2) is 13.1 Å². The second-order valence-corrected chi connectivity index (χ2v) is 8.10. The molecular formula is C10H17Cl3N2O2S2. The van der Waals surface area contributed by atoms with Gasteiger partial charge in [0.05, 0.1) is 4.34 Å². The molecule has 19 heavy (non-hydrogen) atoms. The summed E-state index contributed by atoms with van der Waals surface area (Å²) in [6.07, 6.45) is 1.37. The van der Waals surface area contributed by atoms with E-state index < -0.39 is 15.6 Å². The fourth-order valence-electron chi connectivity index (χ4n) is 1.32. The first-order valence-electron chi connectivity index (χ1n) is 5.47. The van der Waals surface area contributed by atoms with Crippen molar-refractivity contribution < 1.29 is 8.42 Å². The van der Waals surface area contributed by atoms with Crippen molar-refractivity contribution in [2.75, 3.05) is 6.54 Å². The van der Waals surface area contributed by atoms with E-state index in [1.807, 2.05) is 13.8 Å². The Hall–Kier alpha value is 0.440. The predicted octanol–water partition coefficient (Wildman–Crippen LogP) is 3.27. The van der Waals surface area contributed by atoms with Crippen LogP contribution in [0.5, 0.6) is 0 Å². The van der Waals surface area contributed by atoms with Gasteiger partial charge in [-0.2, -0.15) is 0 Å². The molecular weight excluding hydrogens is 351 g/mol.